The van der Waals surface area contributed by atoms with Crippen molar-refractivity contribution in [3.8, 4) is 11.1 Å². The molecule has 6 heteroatoms. The minimum Gasteiger partial charge on any atom is -0.478 e. The number of carboxylic acid groups (broad SMARTS) is 2. The highest BCUT2D eigenvalue weighted by atomic mass is 19.1. The summed E-state index contributed by atoms with van der Waals surface area (Å²) in [4.78, 5) is 21.9. The zero-order valence-electron chi connectivity index (χ0n) is 9.93. The highest BCUT2D eigenvalue weighted by Crippen LogP contribution is 2.28. The van der Waals surface area contributed by atoms with E-state index in [4.69, 9.17) is 10.2 Å². The van der Waals surface area contributed by atoms with Gasteiger partial charge in [-0.05, 0) is 36.4 Å². The fraction of sp³-hybridized carbons (Fsp3) is 0. The Morgan fingerprint density at radius 3 is 2.15 bits per heavy atom. The molecule has 0 saturated heterocycles. The van der Waals surface area contributed by atoms with Gasteiger partial charge in [0, 0.05) is 11.1 Å². The topological polar surface area (TPSA) is 74.6 Å². The van der Waals surface area contributed by atoms with Crippen LogP contribution >= 0.6 is 0 Å². The summed E-state index contributed by atoms with van der Waals surface area (Å²) in [7, 11) is 0. The van der Waals surface area contributed by atoms with Gasteiger partial charge in [-0.1, -0.05) is 0 Å². The Labute approximate surface area is 111 Å². The number of hydrogen-bond donors (Lipinski definition) is 2. The first-order valence-corrected chi connectivity index (χ1v) is 5.46. The average molecular weight is 278 g/mol. The molecule has 2 aromatic rings. The van der Waals surface area contributed by atoms with Gasteiger partial charge in [-0.15, -0.1) is 0 Å². The summed E-state index contributed by atoms with van der Waals surface area (Å²) in [6.45, 7) is 0. The first-order chi connectivity index (χ1) is 9.40. The summed E-state index contributed by atoms with van der Waals surface area (Å²) in [5, 5.41) is 17.9. The van der Waals surface area contributed by atoms with E-state index in [1.54, 1.807) is 0 Å². The Bertz CT molecular complexity index is 710. The fourth-order valence-electron chi connectivity index (χ4n) is 1.79. The first kappa shape index (κ1) is 13.7. The third-order valence-corrected chi connectivity index (χ3v) is 2.72. The van der Waals surface area contributed by atoms with Crippen LogP contribution in [-0.2, 0) is 0 Å². The number of hydrogen-bond acceptors (Lipinski definition) is 2. The Morgan fingerprint density at radius 1 is 0.850 bits per heavy atom. The smallest absolute Gasteiger partial charge is 0.336 e. The fourth-order valence-corrected chi connectivity index (χ4v) is 1.79. The lowest BCUT2D eigenvalue weighted by Gasteiger charge is -2.08. The van der Waals surface area contributed by atoms with E-state index in [-0.39, 0.29) is 22.3 Å². The molecule has 0 aliphatic rings. The molecule has 0 spiro atoms. The van der Waals surface area contributed by atoms with Crippen molar-refractivity contribution in [2.24, 2.45) is 0 Å². The average Bonchev–Trinajstić information content (AvgIpc) is 2.38. The quantitative estimate of drug-likeness (QED) is 0.905. The number of halogens is 2. The Hall–Kier alpha value is -2.76. The zero-order chi connectivity index (χ0) is 14.9. The number of benzene rings is 2. The van der Waals surface area contributed by atoms with Crippen molar-refractivity contribution < 1.29 is 28.6 Å². The van der Waals surface area contributed by atoms with E-state index in [0.29, 0.717) is 0 Å². The molecule has 0 unspecified atom stereocenters. The molecule has 2 aromatic carbocycles. The van der Waals surface area contributed by atoms with Crippen molar-refractivity contribution >= 4 is 11.9 Å². The summed E-state index contributed by atoms with van der Waals surface area (Å²) >= 11 is 0. The van der Waals surface area contributed by atoms with E-state index in [1.807, 2.05) is 0 Å². The van der Waals surface area contributed by atoms with Crippen molar-refractivity contribution in [2.75, 3.05) is 0 Å². The number of carbonyl (C=O) groups is 2. The standard InChI is InChI=1S/C14H8F2O4/c15-8-2-3-9(14(19)20)10(6-8)11-5-7(13(17)18)1-4-12(11)16/h1-6H,(H,17,18)(H,19,20). The van der Waals surface area contributed by atoms with Crippen molar-refractivity contribution in [2.45, 2.75) is 0 Å². The van der Waals surface area contributed by atoms with Gasteiger partial charge in [0.2, 0.25) is 0 Å². The maximum absolute atomic E-state index is 13.8. The van der Waals surface area contributed by atoms with Crippen molar-refractivity contribution in [3.63, 3.8) is 0 Å². The molecule has 0 radical (unpaired) electrons. The molecule has 0 bridgehead atoms. The summed E-state index contributed by atoms with van der Waals surface area (Å²) in [6.07, 6.45) is 0. The maximum Gasteiger partial charge on any atom is 0.336 e. The summed E-state index contributed by atoms with van der Waals surface area (Å²) in [5.74, 6) is -4.23. The van der Waals surface area contributed by atoms with Gasteiger partial charge in [0.25, 0.3) is 0 Å². The lowest BCUT2D eigenvalue weighted by molar-refractivity contribution is 0.0687. The molecule has 102 valence electrons. The molecule has 2 N–H and O–H groups in total. The molecule has 0 aromatic heterocycles. The van der Waals surface area contributed by atoms with E-state index in [2.05, 4.69) is 0 Å². The first-order valence-electron chi connectivity index (χ1n) is 5.46. The van der Waals surface area contributed by atoms with Crippen LogP contribution in [0.2, 0.25) is 0 Å². The van der Waals surface area contributed by atoms with E-state index >= 15 is 0 Å². The largest absolute Gasteiger partial charge is 0.478 e. The van der Waals surface area contributed by atoms with Crippen molar-refractivity contribution in [1.29, 1.82) is 0 Å². The molecule has 0 fully saturated rings. The molecule has 0 aliphatic heterocycles. The molecule has 0 saturated carbocycles. The van der Waals surface area contributed by atoms with Crippen LogP contribution in [-0.4, -0.2) is 22.2 Å². The van der Waals surface area contributed by atoms with Crippen LogP contribution in [0.1, 0.15) is 20.7 Å². The maximum atomic E-state index is 13.8. The van der Waals surface area contributed by atoms with Gasteiger partial charge < -0.3 is 10.2 Å². The molecule has 20 heavy (non-hydrogen) atoms. The van der Waals surface area contributed by atoms with Crippen LogP contribution in [0.15, 0.2) is 36.4 Å². The Morgan fingerprint density at radius 2 is 1.55 bits per heavy atom. The second kappa shape index (κ2) is 5.08. The van der Waals surface area contributed by atoms with Gasteiger partial charge in [0.15, 0.2) is 0 Å². The van der Waals surface area contributed by atoms with Gasteiger partial charge in [0.1, 0.15) is 11.6 Å². The Balaban J connectivity index is 2.73. The normalized spacial score (nSPS) is 10.3. The molecule has 2 rings (SSSR count). The predicted molar refractivity (Wildman–Crippen MR) is 65.7 cm³/mol. The van der Waals surface area contributed by atoms with E-state index in [9.17, 15) is 18.4 Å². The molecular weight excluding hydrogens is 270 g/mol. The van der Waals surface area contributed by atoms with Gasteiger partial charge in [-0.25, -0.2) is 18.4 Å². The van der Waals surface area contributed by atoms with E-state index in [1.165, 1.54) is 0 Å². The SMILES string of the molecule is O=C(O)c1ccc(F)c(-c2cc(F)ccc2C(=O)O)c1. The number of carboxylic acids is 2. The molecule has 4 nitrogen and oxygen atoms in total. The van der Waals surface area contributed by atoms with Crippen LogP contribution in [0.5, 0.6) is 0 Å². The van der Waals surface area contributed by atoms with Gasteiger partial charge in [-0.3, -0.25) is 0 Å². The van der Waals surface area contributed by atoms with Crippen LogP contribution in [0.3, 0.4) is 0 Å². The summed E-state index contributed by atoms with van der Waals surface area (Å²) in [6, 6.07) is 5.70. The van der Waals surface area contributed by atoms with E-state index < -0.39 is 23.6 Å². The lowest BCUT2D eigenvalue weighted by Crippen LogP contribution is -2.03. The Kier molecular flexibility index (Phi) is 3.47. The third-order valence-electron chi connectivity index (χ3n) is 2.72. The third kappa shape index (κ3) is 2.49. The minimum absolute atomic E-state index is 0.210. The van der Waals surface area contributed by atoms with Crippen molar-refractivity contribution in [1.82, 2.24) is 0 Å². The van der Waals surface area contributed by atoms with Crippen LogP contribution < -0.4 is 0 Å². The second-order valence-electron chi connectivity index (χ2n) is 3.99. The monoisotopic (exact) mass is 278 g/mol. The summed E-state index contributed by atoms with van der Waals surface area (Å²) in [5.41, 5.74) is -1.02. The molecule has 0 atom stereocenters. The van der Waals surface area contributed by atoms with E-state index in [0.717, 1.165) is 36.4 Å². The van der Waals surface area contributed by atoms with Crippen LogP contribution in [0, 0.1) is 11.6 Å². The molecular formula is C14H8F2O4. The zero-order valence-corrected chi connectivity index (χ0v) is 9.93. The van der Waals surface area contributed by atoms with Gasteiger partial charge in [0.05, 0.1) is 11.1 Å². The highest BCUT2D eigenvalue weighted by molar-refractivity contribution is 5.97. The second-order valence-corrected chi connectivity index (χ2v) is 3.99. The molecule has 0 aliphatic carbocycles. The number of aromatic carboxylic acids is 2. The van der Waals surface area contributed by atoms with Crippen molar-refractivity contribution in [3.05, 3.63) is 59.2 Å². The van der Waals surface area contributed by atoms with Crippen LogP contribution in [0.4, 0.5) is 8.78 Å². The van der Waals surface area contributed by atoms with Crippen LogP contribution in [0.25, 0.3) is 11.1 Å². The molecule has 0 amide bonds. The predicted octanol–water partition coefficient (Wildman–Crippen LogP) is 3.03. The lowest BCUT2D eigenvalue weighted by atomic mass is 9.97. The highest BCUT2D eigenvalue weighted by Gasteiger charge is 2.17. The van der Waals surface area contributed by atoms with Gasteiger partial charge >= 0.3 is 11.9 Å². The minimum atomic E-state index is -1.36. The summed E-state index contributed by atoms with van der Waals surface area (Å²) < 4.78 is 27.0. The van der Waals surface area contributed by atoms with Gasteiger partial charge in [-0.2, -0.15) is 0 Å². The molecule has 0 heterocycles. The number of rotatable bonds is 3.